The number of hydrogen-bond acceptors (Lipinski definition) is 5. The van der Waals surface area contributed by atoms with Gasteiger partial charge in [0.1, 0.15) is 23.1 Å². The van der Waals surface area contributed by atoms with Gasteiger partial charge in [-0.1, -0.05) is 18.2 Å². The van der Waals surface area contributed by atoms with Crippen molar-refractivity contribution in [2.24, 2.45) is 0 Å². The predicted octanol–water partition coefficient (Wildman–Crippen LogP) is 4.25. The number of para-hydroxylation sites is 1. The molecule has 2 aromatic carbocycles. The zero-order valence-electron chi connectivity index (χ0n) is 11.5. The molecular weight excluding hydrogens is 300 g/mol. The maximum absolute atomic E-state index is 5.77. The summed E-state index contributed by atoms with van der Waals surface area (Å²) < 4.78 is 5.73. The summed E-state index contributed by atoms with van der Waals surface area (Å²) in [5, 5.41) is 3.21. The zero-order chi connectivity index (χ0) is 15.4. The van der Waals surface area contributed by atoms with Gasteiger partial charge in [0.15, 0.2) is 0 Å². The Morgan fingerprint density at radius 1 is 0.909 bits per heavy atom. The van der Waals surface area contributed by atoms with E-state index in [1.807, 2.05) is 54.6 Å². The number of benzene rings is 2. The molecule has 0 atom stereocenters. The van der Waals surface area contributed by atoms with Crippen LogP contribution in [0.2, 0.25) is 5.28 Å². The first kappa shape index (κ1) is 14.2. The largest absolute Gasteiger partial charge is 0.457 e. The SMILES string of the molecule is Nc1cc(Nc2ccc(Oc3ccccc3)cc2)nc(Cl)n1. The van der Waals surface area contributed by atoms with E-state index >= 15 is 0 Å². The molecule has 0 unspecified atom stereocenters. The van der Waals surface area contributed by atoms with Crippen molar-refractivity contribution < 1.29 is 4.74 Å². The number of nitrogens with zero attached hydrogens (tertiary/aromatic N) is 2. The van der Waals surface area contributed by atoms with Crippen molar-refractivity contribution in [3.8, 4) is 11.5 Å². The third-order valence-corrected chi connectivity index (χ3v) is 2.99. The van der Waals surface area contributed by atoms with Crippen molar-refractivity contribution in [3.63, 3.8) is 0 Å². The van der Waals surface area contributed by atoms with Gasteiger partial charge in [0.25, 0.3) is 0 Å². The molecule has 0 spiro atoms. The lowest BCUT2D eigenvalue weighted by Gasteiger charge is -2.08. The van der Waals surface area contributed by atoms with Crippen LogP contribution in [0, 0.1) is 0 Å². The van der Waals surface area contributed by atoms with E-state index in [-0.39, 0.29) is 5.28 Å². The Balaban J connectivity index is 1.71. The second-order valence-electron chi connectivity index (χ2n) is 4.51. The van der Waals surface area contributed by atoms with Gasteiger partial charge in [-0.2, -0.15) is 0 Å². The maximum atomic E-state index is 5.77. The van der Waals surface area contributed by atoms with Crippen LogP contribution in [-0.2, 0) is 0 Å². The number of halogens is 1. The molecule has 1 heterocycles. The van der Waals surface area contributed by atoms with Crippen LogP contribution in [0.15, 0.2) is 60.7 Å². The van der Waals surface area contributed by atoms with Crippen LogP contribution >= 0.6 is 11.6 Å². The van der Waals surface area contributed by atoms with Crippen molar-refractivity contribution in [1.82, 2.24) is 9.97 Å². The normalized spacial score (nSPS) is 10.2. The standard InChI is InChI=1S/C16H13ClN4O/c17-16-20-14(18)10-15(21-16)19-11-6-8-13(9-7-11)22-12-4-2-1-3-5-12/h1-10H,(H3,18,19,20,21). The summed E-state index contributed by atoms with van der Waals surface area (Å²) in [6.45, 7) is 0. The molecule has 6 heteroatoms. The third-order valence-electron chi connectivity index (χ3n) is 2.82. The van der Waals surface area contributed by atoms with Crippen LogP contribution in [0.5, 0.6) is 11.5 Å². The highest BCUT2D eigenvalue weighted by atomic mass is 35.5. The van der Waals surface area contributed by atoms with Crippen molar-refractivity contribution in [2.75, 3.05) is 11.1 Å². The van der Waals surface area contributed by atoms with Gasteiger partial charge in [0.05, 0.1) is 0 Å². The van der Waals surface area contributed by atoms with Gasteiger partial charge in [0.2, 0.25) is 5.28 Å². The number of anilines is 3. The van der Waals surface area contributed by atoms with E-state index in [1.54, 1.807) is 6.07 Å². The number of aromatic nitrogens is 2. The topological polar surface area (TPSA) is 73.1 Å². The van der Waals surface area contributed by atoms with E-state index in [0.29, 0.717) is 11.6 Å². The summed E-state index contributed by atoms with van der Waals surface area (Å²) >= 11 is 5.77. The molecule has 3 N–H and O–H groups in total. The minimum Gasteiger partial charge on any atom is -0.457 e. The van der Waals surface area contributed by atoms with Gasteiger partial charge in [-0.05, 0) is 48.0 Å². The molecule has 0 saturated carbocycles. The molecule has 3 rings (SSSR count). The molecule has 0 aliphatic rings. The van der Waals surface area contributed by atoms with E-state index in [4.69, 9.17) is 22.1 Å². The average Bonchev–Trinajstić information content (AvgIpc) is 2.49. The van der Waals surface area contributed by atoms with Crippen LogP contribution in [0.4, 0.5) is 17.3 Å². The maximum Gasteiger partial charge on any atom is 0.226 e. The Bertz CT molecular complexity index is 743. The second-order valence-corrected chi connectivity index (χ2v) is 4.85. The molecule has 0 aliphatic heterocycles. The van der Waals surface area contributed by atoms with Crippen molar-refractivity contribution in [1.29, 1.82) is 0 Å². The first-order chi connectivity index (χ1) is 10.7. The predicted molar refractivity (Wildman–Crippen MR) is 87.7 cm³/mol. The highest BCUT2D eigenvalue weighted by Crippen LogP contribution is 2.24. The molecule has 5 nitrogen and oxygen atoms in total. The van der Waals surface area contributed by atoms with E-state index in [9.17, 15) is 0 Å². The minimum atomic E-state index is 0.103. The number of ether oxygens (including phenoxy) is 1. The molecular formula is C16H13ClN4O. The smallest absolute Gasteiger partial charge is 0.226 e. The van der Waals surface area contributed by atoms with Crippen LogP contribution < -0.4 is 15.8 Å². The quantitative estimate of drug-likeness (QED) is 0.705. The number of rotatable bonds is 4. The molecule has 0 bridgehead atoms. The summed E-state index contributed by atoms with van der Waals surface area (Å²) in [6.07, 6.45) is 0. The lowest BCUT2D eigenvalue weighted by atomic mass is 10.3. The summed E-state index contributed by atoms with van der Waals surface area (Å²) in [4.78, 5) is 7.86. The summed E-state index contributed by atoms with van der Waals surface area (Å²) in [7, 11) is 0. The molecule has 1 aromatic heterocycles. The Labute approximate surface area is 132 Å². The number of nitrogen functional groups attached to an aromatic ring is 1. The van der Waals surface area contributed by atoms with Gasteiger partial charge < -0.3 is 15.8 Å². The van der Waals surface area contributed by atoms with Crippen LogP contribution in [0.1, 0.15) is 0 Å². The molecule has 0 saturated heterocycles. The summed E-state index contributed by atoms with van der Waals surface area (Å²) in [5.41, 5.74) is 6.47. The van der Waals surface area contributed by atoms with Crippen molar-refractivity contribution >= 4 is 28.9 Å². The summed E-state index contributed by atoms with van der Waals surface area (Å²) in [6, 6.07) is 18.7. The third kappa shape index (κ3) is 3.65. The molecule has 110 valence electrons. The van der Waals surface area contributed by atoms with Crippen LogP contribution in [0.3, 0.4) is 0 Å². The fourth-order valence-electron chi connectivity index (χ4n) is 1.88. The van der Waals surface area contributed by atoms with Crippen LogP contribution in [-0.4, -0.2) is 9.97 Å². The zero-order valence-corrected chi connectivity index (χ0v) is 12.3. The highest BCUT2D eigenvalue weighted by Gasteiger charge is 2.02. The van der Waals surface area contributed by atoms with Crippen LogP contribution in [0.25, 0.3) is 0 Å². The minimum absolute atomic E-state index is 0.103. The lowest BCUT2D eigenvalue weighted by Crippen LogP contribution is -1.98. The number of nitrogens with two attached hydrogens (primary N) is 1. The number of nitrogens with one attached hydrogen (secondary N) is 1. The first-order valence-corrected chi connectivity index (χ1v) is 6.97. The number of hydrogen-bond donors (Lipinski definition) is 2. The van der Waals surface area contributed by atoms with E-state index in [1.165, 1.54) is 0 Å². The van der Waals surface area contributed by atoms with E-state index < -0.39 is 0 Å². The molecule has 0 radical (unpaired) electrons. The van der Waals surface area contributed by atoms with Gasteiger partial charge in [-0.25, -0.2) is 9.97 Å². The fourth-order valence-corrected chi connectivity index (χ4v) is 2.07. The Kier molecular flexibility index (Phi) is 4.07. The average molecular weight is 313 g/mol. The monoisotopic (exact) mass is 312 g/mol. The molecule has 0 amide bonds. The lowest BCUT2D eigenvalue weighted by molar-refractivity contribution is 0.483. The van der Waals surface area contributed by atoms with Gasteiger partial charge in [-0.3, -0.25) is 0 Å². The van der Waals surface area contributed by atoms with Crippen molar-refractivity contribution in [2.45, 2.75) is 0 Å². The summed E-state index contributed by atoms with van der Waals surface area (Å²) in [5.74, 6) is 2.39. The van der Waals surface area contributed by atoms with E-state index in [0.717, 1.165) is 17.2 Å². The Hall–Kier alpha value is -2.79. The van der Waals surface area contributed by atoms with E-state index in [2.05, 4.69) is 15.3 Å². The second kappa shape index (κ2) is 6.32. The van der Waals surface area contributed by atoms with Gasteiger partial charge in [-0.15, -0.1) is 0 Å². The highest BCUT2D eigenvalue weighted by molar-refractivity contribution is 6.28. The molecule has 0 aliphatic carbocycles. The molecule has 0 fully saturated rings. The Morgan fingerprint density at radius 3 is 2.27 bits per heavy atom. The molecule has 3 aromatic rings. The Morgan fingerprint density at radius 2 is 1.59 bits per heavy atom. The van der Waals surface area contributed by atoms with Gasteiger partial charge in [0, 0.05) is 11.8 Å². The molecule has 22 heavy (non-hydrogen) atoms. The fraction of sp³-hybridized carbons (Fsp3) is 0. The first-order valence-electron chi connectivity index (χ1n) is 6.59. The van der Waals surface area contributed by atoms with Gasteiger partial charge >= 0.3 is 0 Å². The van der Waals surface area contributed by atoms with Crippen molar-refractivity contribution in [3.05, 3.63) is 65.9 Å².